The molecule has 0 aromatic heterocycles. The quantitative estimate of drug-likeness (QED) is 0.505. The van der Waals surface area contributed by atoms with Crippen molar-refractivity contribution in [1.82, 2.24) is 0 Å². The molecule has 2 heteroatoms. The summed E-state index contributed by atoms with van der Waals surface area (Å²) >= 11 is 0. The summed E-state index contributed by atoms with van der Waals surface area (Å²) in [4.78, 5) is 0. The third-order valence-corrected chi connectivity index (χ3v) is 2.56. The van der Waals surface area contributed by atoms with Crippen LogP contribution in [0.2, 0.25) is 0 Å². The Morgan fingerprint density at radius 1 is 0.889 bits per heavy atom. The molecule has 0 aromatic carbocycles. The average molecular weight is 250 g/mol. The summed E-state index contributed by atoms with van der Waals surface area (Å²) in [5.41, 5.74) is 1.25. The van der Waals surface area contributed by atoms with Gasteiger partial charge >= 0.3 is 0 Å². The van der Waals surface area contributed by atoms with Crippen molar-refractivity contribution in [2.75, 3.05) is 0 Å². The first kappa shape index (κ1) is 16.3. The molecule has 0 aliphatic carbocycles. The summed E-state index contributed by atoms with van der Waals surface area (Å²) in [5.74, 6) is -1.95. The van der Waals surface area contributed by atoms with E-state index in [1.54, 1.807) is 19.1 Å². The Hall–Kier alpha value is -1.70. The average Bonchev–Trinajstić information content (AvgIpc) is 2.40. The topological polar surface area (TPSA) is 0 Å². The summed E-state index contributed by atoms with van der Waals surface area (Å²) < 4.78 is 27.2. The number of hydrogen-bond donors (Lipinski definition) is 0. The predicted octanol–water partition coefficient (Wildman–Crippen LogP) is 5.74. The molecule has 0 N–H and O–H groups in total. The first-order valence-electron chi connectivity index (χ1n) is 5.82. The SMILES string of the molecule is C=C(/C=C\C(=C)C(=C)/C(F)=C(/F)C(=C)CC)CC. The Labute approximate surface area is 108 Å². The van der Waals surface area contributed by atoms with Crippen molar-refractivity contribution in [2.45, 2.75) is 26.7 Å². The fourth-order valence-electron chi connectivity index (χ4n) is 1.02. The van der Waals surface area contributed by atoms with Crippen molar-refractivity contribution < 1.29 is 8.78 Å². The zero-order chi connectivity index (χ0) is 14.3. The molecule has 0 bridgehead atoms. The van der Waals surface area contributed by atoms with Crippen LogP contribution in [-0.2, 0) is 0 Å². The number of allylic oxidation sites excluding steroid dienone is 8. The van der Waals surface area contributed by atoms with Gasteiger partial charge in [0.05, 0.1) is 0 Å². The van der Waals surface area contributed by atoms with Crippen molar-refractivity contribution >= 4 is 0 Å². The maximum atomic E-state index is 13.7. The maximum absolute atomic E-state index is 13.7. The van der Waals surface area contributed by atoms with Gasteiger partial charge in [-0.15, -0.1) is 0 Å². The van der Waals surface area contributed by atoms with Crippen molar-refractivity contribution in [2.24, 2.45) is 0 Å². The highest BCUT2D eigenvalue weighted by Gasteiger charge is 2.13. The van der Waals surface area contributed by atoms with Gasteiger partial charge in [0.15, 0.2) is 11.7 Å². The van der Waals surface area contributed by atoms with Crippen LogP contribution in [0.15, 0.2) is 72.4 Å². The van der Waals surface area contributed by atoms with Crippen LogP contribution in [-0.4, -0.2) is 0 Å². The molecule has 0 nitrogen and oxygen atoms in total. The van der Waals surface area contributed by atoms with Crippen LogP contribution in [0.5, 0.6) is 0 Å². The molecular formula is C16H20F2. The number of rotatable bonds is 7. The van der Waals surface area contributed by atoms with Crippen molar-refractivity contribution in [1.29, 1.82) is 0 Å². The molecule has 0 amide bonds. The van der Waals surface area contributed by atoms with Crippen LogP contribution in [0.3, 0.4) is 0 Å². The number of hydrogen-bond acceptors (Lipinski definition) is 0. The summed E-state index contributed by atoms with van der Waals surface area (Å²) in [5, 5.41) is 0. The minimum absolute atomic E-state index is 0.0674. The van der Waals surface area contributed by atoms with Gasteiger partial charge in [0, 0.05) is 5.57 Å². The monoisotopic (exact) mass is 250 g/mol. The molecule has 0 rings (SSSR count). The Balaban J connectivity index is 4.96. The van der Waals surface area contributed by atoms with E-state index >= 15 is 0 Å². The first-order chi connectivity index (χ1) is 8.34. The molecule has 0 unspecified atom stereocenters. The van der Waals surface area contributed by atoms with Gasteiger partial charge in [-0.2, -0.15) is 0 Å². The highest BCUT2D eigenvalue weighted by atomic mass is 19.2. The van der Waals surface area contributed by atoms with E-state index in [0.29, 0.717) is 12.0 Å². The molecule has 0 aliphatic rings. The molecule has 0 spiro atoms. The first-order valence-corrected chi connectivity index (χ1v) is 5.82. The Morgan fingerprint density at radius 3 is 1.89 bits per heavy atom. The lowest BCUT2D eigenvalue weighted by Crippen LogP contribution is -1.91. The van der Waals surface area contributed by atoms with Crippen LogP contribution >= 0.6 is 0 Å². The lowest BCUT2D eigenvalue weighted by molar-refractivity contribution is 0.554. The van der Waals surface area contributed by atoms with Crippen LogP contribution in [0.4, 0.5) is 8.78 Å². The van der Waals surface area contributed by atoms with Crippen LogP contribution in [0, 0.1) is 0 Å². The minimum atomic E-state index is -1.00. The van der Waals surface area contributed by atoms with E-state index in [1.165, 1.54) is 0 Å². The van der Waals surface area contributed by atoms with Gasteiger partial charge < -0.3 is 0 Å². The summed E-state index contributed by atoms with van der Waals surface area (Å²) in [6.45, 7) is 18.0. The van der Waals surface area contributed by atoms with Gasteiger partial charge in [0.1, 0.15) is 0 Å². The molecule has 18 heavy (non-hydrogen) atoms. The van der Waals surface area contributed by atoms with Crippen LogP contribution in [0.25, 0.3) is 0 Å². The van der Waals surface area contributed by atoms with Gasteiger partial charge in [0.2, 0.25) is 0 Å². The second kappa shape index (κ2) is 7.59. The third kappa shape index (κ3) is 4.66. The minimum Gasteiger partial charge on any atom is -0.203 e. The molecule has 0 atom stereocenters. The fourth-order valence-corrected chi connectivity index (χ4v) is 1.02. The normalized spacial score (nSPS) is 12.2. The zero-order valence-electron chi connectivity index (χ0n) is 11.2. The van der Waals surface area contributed by atoms with E-state index in [2.05, 4.69) is 26.3 Å². The van der Waals surface area contributed by atoms with Gasteiger partial charge in [0.25, 0.3) is 0 Å². The fraction of sp³-hybridized carbons (Fsp3) is 0.250. The standard InChI is InChI=1S/C16H20F2/c1-7-11(3)9-10-13(5)14(6)16(18)15(17)12(4)8-2/h9-10H,3-8H2,1-2H3/b10-9-,16-15-. The van der Waals surface area contributed by atoms with Crippen LogP contribution < -0.4 is 0 Å². The van der Waals surface area contributed by atoms with Gasteiger partial charge in [-0.25, -0.2) is 8.78 Å². The van der Waals surface area contributed by atoms with Crippen molar-refractivity contribution in [3.8, 4) is 0 Å². The molecule has 0 saturated heterocycles. The van der Waals surface area contributed by atoms with Gasteiger partial charge in [-0.05, 0) is 24.0 Å². The predicted molar refractivity (Wildman–Crippen MR) is 75.5 cm³/mol. The summed E-state index contributed by atoms with van der Waals surface area (Å²) in [7, 11) is 0. The highest BCUT2D eigenvalue weighted by molar-refractivity contribution is 5.50. The van der Waals surface area contributed by atoms with E-state index in [1.807, 2.05) is 6.92 Å². The van der Waals surface area contributed by atoms with E-state index in [4.69, 9.17) is 0 Å². The molecule has 0 saturated carbocycles. The molecular weight excluding hydrogens is 230 g/mol. The van der Waals surface area contributed by atoms with E-state index in [0.717, 1.165) is 12.0 Å². The molecule has 0 aromatic rings. The lowest BCUT2D eigenvalue weighted by Gasteiger charge is -2.06. The van der Waals surface area contributed by atoms with E-state index in [9.17, 15) is 8.78 Å². The summed E-state index contributed by atoms with van der Waals surface area (Å²) in [6, 6.07) is 0. The maximum Gasteiger partial charge on any atom is 0.166 e. The second-order valence-corrected chi connectivity index (χ2v) is 3.93. The van der Waals surface area contributed by atoms with E-state index in [-0.39, 0.29) is 11.1 Å². The Morgan fingerprint density at radius 2 is 1.44 bits per heavy atom. The molecule has 0 fully saturated rings. The number of halogens is 2. The summed E-state index contributed by atoms with van der Waals surface area (Å²) in [6.07, 6.45) is 4.43. The van der Waals surface area contributed by atoms with Crippen molar-refractivity contribution in [3.05, 3.63) is 72.4 Å². The molecule has 0 heterocycles. The van der Waals surface area contributed by atoms with Gasteiger partial charge in [-0.3, -0.25) is 0 Å². The van der Waals surface area contributed by atoms with Gasteiger partial charge in [-0.1, -0.05) is 57.9 Å². The highest BCUT2D eigenvalue weighted by Crippen LogP contribution is 2.27. The third-order valence-electron chi connectivity index (χ3n) is 2.56. The molecule has 0 radical (unpaired) electrons. The smallest absolute Gasteiger partial charge is 0.166 e. The Kier molecular flexibility index (Phi) is 6.88. The largest absolute Gasteiger partial charge is 0.203 e. The molecule has 0 aliphatic heterocycles. The lowest BCUT2D eigenvalue weighted by atomic mass is 10.0. The zero-order valence-corrected chi connectivity index (χ0v) is 11.2. The van der Waals surface area contributed by atoms with Crippen molar-refractivity contribution in [3.63, 3.8) is 0 Å². The molecule has 98 valence electrons. The second-order valence-electron chi connectivity index (χ2n) is 3.93. The van der Waals surface area contributed by atoms with E-state index < -0.39 is 11.7 Å². The van der Waals surface area contributed by atoms with Crippen LogP contribution in [0.1, 0.15) is 26.7 Å². The Bertz CT molecular complexity index is 434.